The lowest BCUT2D eigenvalue weighted by Crippen LogP contribution is -2.24. The second kappa shape index (κ2) is 6.53. The Morgan fingerprint density at radius 2 is 2.37 bits per heavy atom. The van der Waals surface area contributed by atoms with E-state index in [2.05, 4.69) is 15.3 Å². The molecule has 0 aliphatic carbocycles. The zero-order valence-electron chi connectivity index (χ0n) is 10.2. The molecule has 19 heavy (non-hydrogen) atoms. The lowest BCUT2D eigenvalue weighted by atomic mass is 10.3. The van der Waals surface area contributed by atoms with Crippen molar-refractivity contribution >= 4 is 5.91 Å². The molecule has 0 fully saturated rings. The third-order valence-corrected chi connectivity index (χ3v) is 2.40. The van der Waals surface area contributed by atoms with Crippen LogP contribution in [-0.2, 0) is 11.3 Å². The van der Waals surface area contributed by atoms with Crippen LogP contribution in [-0.4, -0.2) is 22.5 Å². The molecule has 6 heteroatoms. The first-order valence-corrected chi connectivity index (χ1v) is 5.87. The average Bonchev–Trinajstić information content (AvgIpc) is 2.89. The largest absolute Gasteiger partial charge is 0.493 e. The van der Waals surface area contributed by atoms with Gasteiger partial charge in [-0.15, -0.1) is 0 Å². The molecule has 1 heterocycles. The van der Waals surface area contributed by atoms with Gasteiger partial charge in [0.25, 0.3) is 0 Å². The number of ether oxygens (including phenoxy) is 1. The van der Waals surface area contributed by atoms with Gasteiger partial charge in [-0.1, -0.05) is 6.07 Å². The molecule has 0 spiro atoms. The number of amides is 1. The van der Waals surface area contributed by atoms with Crippen LogP contribution in [0.4, 0.5) is 4.39 Å². The van der Waals surface area contributed by atoms with Gasteiger partial charge in [-0.05, 0) is 12.1 Å². The molecule has 1 aromatic heterocycles. The van der Waals surface area contributed by atoms with Crippen LogP contribution in [0.3, 0.4) is 0 Å². The summed E-state index contributed by atoms with van der Waals surface area (Å²) in [5, 5.41) is 2.70. The lowest BCUT2D eigenvalue weighted by Gasteiger charge is -2.06. The first kappa shape index (κ1) is 13.1. The first-order chi connectivity index (χ1) is 9.24. The predicted octanol–water partition coefficient (Wildman–Crippen LogP) is 1.63. The Labute approximate surface area is 109 Å². The molecule has 100 valence electrons. The summed E-state index contributed by atoms with van der Waals surface area (Å²) in [6, 6.07) is 5.81. The van der Waals surface area contributed by atoms with Crippen LogP contribution in [0.25, 0.3) is 0 Å². The second-order valence-corrected chi connectivity index (χ2v) is 3.87. The highest BCUT2D eigenvalue weighted by Gasteiger charge is 2.03. The van der Waals surface area contributed by atoms with Crippen LogP contribution in [0.5, 0.6) is 5.75 Å². The van der Waals surface area contributed by atoms with Crippen molar-refractivity contribution in [3.63, 3.8) is 0 Å². The maximum atomic E-state index is 12.9. The molecular weight excluding hydrogens is 249 g/mol. The number of carbonyl (C=O) groups is 1. The summed E-state index contributed by atoms with van der Waals surface area (Å²) in [7, 11) is 0. The molecule has 2 aromatic rings. The maximum absolute atomic E-state index is 12.9. The van der Waals surface area contributed by atoms with Gasteiger partial charge in [0.05, 0.1) is 19.6 Å². The zero-order valence-corrected chi connectivity index (χ0v) is 10.2. The second-order valence-electron chi connectivity index (χ2n) is 3.87. The van der Waals surface area contributed by atoms with E-state index >= 15 is 0 Å². The van der Waals surface area contributed by atoms with Crippen LogP contribution < -0.4 is 10.1 Å². The highest BCUT2D eigenvalue weighted by atomic mass is 19.1. The van der Waals surface area contributed by atoms with Crippen molar-refractivity contribution in [3.05, 3.63) is 48.3 Å². The van der Waals surface area contributed by atoms with Crippen LogP contribution in [0.1, 0.15) is 12.2 Å². The molecule has 0 saturated heterocycles. The SMILES string of the molecule is O=C(CCOc1cccc(F)c1)NCc1ncc[nH]1. The number of hydrogen-bond donors (Lipinski definition) is 2. The number of carbonyl (C=O) groups excluding carboxylic acids is 1. The van der Waals surface area contributed by atoms with Crippen molar-refractivity contribution in [2.75, 3.05) is 6.61 Å². The minimum atomic E-state index is -0.361. The fraction of sp³-hybridized carbons (Fsp3) is 0.231. The number of hydrogen-bond acceptors (Lipinski definition) is 3. The first-order valence-electron chi connectivity index (χ1n) is 5.87. The molecule has 0 aliphatic rings. The highest BCUT2D eigenvalue weighted by Crippen LogP contribution is 2.11. The highest BCUT2D eigenvalue weighted by molar-refractivity contribution is 5.75. The quantitative estimate of drug-likeness (QED) is 0.832. The van der Waals surface area contributed by atoms with Crippen molar-refractivity contribution in [2.45, 2.75) is 13.0 Å². The molecule has 0 aliphatic heterocycles. The van der Waals surface area contributed by atoms with Gasteiger partial charge in [0, 0.05) is 18.5 Å². The summed E-state index contributed by atoms with van der Waals surface area (Å²) in [6.45, 7) is 0.555. The van der Waals surface area contributed by atoms with Gasteiger partial charge in [-0.3, -0.25) is 4.79 Å². The Hall–Kier alpha value is -2.37. The number of halogens is 1. The van der Waals surface area contributed by atoms with E-state index in [9.17, 15) is 9.18 Å². The van der Waals surface area contributed by atoms with Crippen LogP contribution in [0.15, 0.2) is 36.7 Å². The molecule has 0 radical (unpaired) electrons. The van der Waals surface area contributed by atoms with E-state index in [1.807, 2.05) is 0 Å². The predicted molar refractivity (Wildman–Crippen MR) is 66.9 cm³/mol. The molecule has 0 atom stereocenters. The van der Waals surface area contributed by atoms with E-state index < -0.39 is 0 Å². The molecule has 2 rings (SSSR count). The minimum Gasteiger partial charge on any atom is -0.493 e. The average molecular weight is 263 g/mol. The Kier molecular flexibility index (Phi) is 4.49. The molecule has 1 amide bonds. The number of imidazole rings is 1. The van der Waals surface area contributed by atoms with E-state index in [4.69, 9.17) is 4.74 Å². The molecular formula is C13H14FN3O2. The Bertz CT molecular complexity index is 528. The van der Waals surface area contributed by atoms with Gasteiger partial charge >= 0.3 is 0 Å². The van der Waals surface area contributed by atoms with Crippen molar-refractivity contribution in [2.24, 2.45) is 0 Å². The summed E-state index contributed by atoms with van der Waals surface area (Å²) < 4.78 is 18.1. The van der Waals surface area contributed by atoms with E-state index in [0.29, 0.717) is 18.1 Å². The molecule has 0 bridgehead atoms. The van der Waals surface area contributed by atoms with Gasteiger partial charge in [0.2, 0.25) is 5.91 Å². The number of aromatic nitrogens is 2. The normalized spacial score (nSPS) is 10.2. The monoisotopic (exact) mass is 263 g/mol. The molecule has 5 nitrogen and oxygen atoms in total. The van der Waals surface area contributed by atoms with Crippen molar-refractivity contribution in [1.82, 2.24) is 15.3 Å². The van der Waals surface area contributed by atoms with Crippen molar-refractivity contribution in [3.8, 4) is 5.75 Å². The Morgan fingerprint density at radius 1 is 1.47 bits per heavy atom. The van der Waals surface area contributed by atoms with E-state index in [1.165, 1.54) is 12.1 Å². The number of nitrogens with one attached hydrogen (secondary N) is 2. The van der Waals surface area contributed by atoms with Crippen molar-refractivity contribution < 1.29 is 13.9 Å². The number of aromatic amines is 1. The lowest BCUT2D eigenvalue weighted by molar-refractivity contribution is -0.121. The third kappa shape index (κ3) is 4.42. The van der Waals surface area contributed by atoms with Crippen LogP contribution in [0, 0.1) is 5.82 Å². The molecule has 0 saturated carbocycles. The molecule has 1 aromatic carbocycles. The Balaban J connectivity index is 1.66. The topological polar surface area (TPSA) is 67.0 Å². The Morgan fingerprint density at radius 3 is 3.11 bits per heavy atom. The number of H-pyrrole nitrogens is 1. The van der Waals surface area contributed by atoms with Gasteiger partial charge in [0.15, 0.2) is 0 Å². The van der Waals surface area contributed by atoms with Crippen LogP contribution >= 0.6 is 0 Å². The molecule has 2 N–H and O–H groups in total. The number of rotatable bonds is 6. The van der Waals surface area contributed by atoms with Gasteiger partial charge in [-0.2, -0.15) is 0 Å². The summed E-state index contributed by atoms with van der Waals surface area (Å²) in [4.78, 5) is 18.4. The number of nitrogens with zero attached hydrogens (tertiary/aromatic N) is 1. The van der Waals surface area contributed by atoms with E-state index in [1.54, 1.807) is 24.5 Å². The zero-order chi connectivity index (χ0) is 13.5. The van der Waals surface area contributed by atoms with Crippen LogP contribution in [0.2, 0.25) is 0 Å². The fourth-order valence-corrected chi connectivity index (χ4v) is 1.48. The molecule has 0 unspecified atom stereocenters. The van der Waals surface area contributed by atoms with Crippen molar-refractivity contribution in [1.29, 1.82) is 0 Å². The summed E-state index contributed by atoms with van der Waals surface area (Å²) in [5.41, 5.74) is 0. The van der Waals surface area contributed by atoms with Gasteiger partial charge in [-0.25, -0.2) is 9.37 Å². The maximum Gasteiger partial charge on any atom is 0.223 e. The minimum absolute atomic E-state index is 0.146. The fourth-order valence-electron chi connectivity index (χ4n) is 1.48. The standard InChI is InChI=1S/C13H14FN3O2/c14-10-2-1-3-11(8-10)19-7-4-13(18)17-9-12-15-5-6-16-12/h1-3,5-6,8H,4,7,9H2,(H,15,16)(H,17,18). The number of benzene rings is 1. The van der Waals surface area contributed by atoms with E-state index in [-0.39, 0.29) is 24.8 Å². The third-order valence-electron chi connectivity index (χ3n) is 2.40. The summed E-state index contributed by atoms with van der Waals surface area (Å²) in [5.74, 6) is 0.603. The summed E-state index contributed by atoms with van der Waals surface area (Å²) in [6.07, 6.45) is 3.51. The van der Waals surface area contributed by atoms with Gasteiger partial charge in [0.1, 0.15) is 17.4 Å². The summed E-state index contributed by atoms with van der Waals surface area (Å²) >= 11 is 0. The smallest absolute Gasteiger partial charge is 0.223 e. The van der Waals surface area contributed by atoms with Gasteiger partial charge < -0.3 is 15.0 Å². The van der Waals surface area contributed by atoms with E-state index in [0.717, 1.165) is 0 Å².